The molecule has 0 aromatic heterocycles. The van der Waals surface area contributed by atoms with Crippen LogP contribution in [-0.4, -0.2) is 57.5 Å². The number of halogens is 1. The summed E-state index contributed by atoms with van der Waals surface area (Å²) in [6, 6.07) is 15.7. The number of rotatable bonds is 12. The van der Waals surface area contributed by atoms with Gasteiger partial charge in [0.15, 0.2) is 11.5 Å². The third-order valence-electron chi connectivity index (χ3n) is 6.87. The normalized spacial score (nSPS) is 12.3. The van der Waals surface area contributed by atoms with Crippen molar-refractivity contribution in [1.82, 2.24) is 10.2 Å². The number of ether oxygens (including phenoxy) is 2. The summed E-state index contributed by atoms with van der Waals surface area (Å²) in [6.45, 7) is 10.6. The number of hydrogen-bond donors (Lipinski definition) is 1. The number of amides is 2. The highest BCUT2D eigenvalue weighted by Crippen LogP contribution is 2.33. The summed E-state index contributed by atoms with van der Waals surface area (Å²) in [6.07, 6.45) is 0.313. The molecule has 0 fully saturated rings. The maximum Gasteiger partial charge on any atom is 0.264 e. The summed E-state index contributed by atoms with van der Waals surface area (Å²) in [5.74, 6) is -0.276. The van der Waals surface area contributed by atoms with Crippen molar-refractivity contribution in [3.8, 4) is 11.5 Å². The highest BCUT2D eigenvalue weighted by atomic mass is 35.5. The van der Waals surface area contributed by atoms with Crippen molar-refractivity contribution in [3.05, 3.63) is 82.4 Å². The Kier molecular flexibility index (Phi) is 11.3. The van der Waals surface area contributed by atoms with Gasteiger partial charge in [0.1, 0.15) is 12.6 Å². The molecule has 3 rings (SSSR count). The second kappa shape index (κ2) is 14.3. The van der Waals surface area contributed by atoms with Crippen molar-refractivity contribution in [3.63, 3.8) is 0 Å². The molecule has 2 amide bonds. The molecule has 238 valence electrons. The summed E-state index contributed by atoms with van der Waals surface area (Å²) >= 11 is 6.10. The lowest BCUT2D eigenvalue weighted by molar-refractivity contribution is -0.141. The Hall–Kier alpha value is -3.76. The van der Waals surface area contributed by atoms with E-state index in [0.29, 0.717) is 22.9 Å². The molecule has 3 aromatic rings. The van der Waals surface area contributed by atoms with Crippen LogP contribution < -0.4 is 19.1 Å². The van der Waals surface area contributed by atoms with Crippen molar-refractivity contribution in [2.45, 2.75) is 71.0 Å². The number of anilines is 1. The van der Waals surface area contributed by atoms with Crippen molar-refractivity contribution >= 4 is 39.1 Å². The van der Waals surface area contributed by atoms with Gasteiger partial charge in [0.2, 0.25) is 11.8 Å². The SMILES string of the molecule is CC[C@H](C(=O)NC(C)(C)C)N(Cc1ccc(Cl)cc1)C(=O)CN(c1cc(C)cc(C)c1)S(=O)(=O)c1ccc(OC)c(OC)c1. The first-order valence-electron chi connectivity index (χ1n) is 14.3. The Morgan fingerprint density at radius 3 is 2.02 bits per heavy atom. The molecule has 0 radical (unpaired) electrons. The van der Waals surface area contributed by atoms with Gasteiger partial charge >= 0.3 is 0 Å². The van der Waals surface area contributed by atoms with Crippen LogP contribution in [0.4, 0.5) is 5.69 Å². The topological polar surface area (TPSA) is 105 Å². The van der Waals surface area contributed by atoms with Crippen LogP contribution in [0.5, 0.6) is 11.5 Å². The van der Waals surface area contributed by atoms with E-state index in [4.69, 9.17) is 21.1 Å². The van der Waals surface area contributed by atoms with Gasteiger partial charge in [-0.05, 0) is 94.1 Å². The van der Waals surface area contributed by atoms with E-state index in [2.05, 4.69) is 5.32 Å². The number of hydrogen-bond acceptors (Lipinski definition) is 6. The van der Waals surface area contributed by atoms with Crippen LogP contribution in [-0.2, 0) is 26.2 Å². The maximum atomic E-state index is 14.3. The first-order valence-corrected chi connectivity index (χ1v) is 16.1. The summed E-state index contributed by atoms with van der Waals surface area (Å²) in [5.41, 5.74) is 2.18. The predicted octanol–water partition coefficient (Wildman–Crippen LogP) is 5.89. The van der Waals surface area contributed by atoms with Gasteiger partial charge in [-0.2, -0.15) is 0 Å². The van der Waals surface area contributed by atoms with Crippen molar-refractivity contribution < 1.29 is 27.5 Å². The Bertz CT molecular complexity index is 1570. The molecular formula is C33H42ClN3O6S. The molecular weight excluding hydrogens is 602 g/mol. The zero-order valence-corrected chi connectivity index (χ0v) is 28.2. The number of sulfonamides is 1. The molecule has 1 N–H and O–H groups in total. The summed E-state index contributed by atoms with van der Waals surface area (Å²) in [7, 11) is -1.42. The standard InChI is InChI=1S/C33H42ClN3O6S/c1-9-28(32(39)35-33(4,5)6)36(20-24-10-12-25(34)13-11-24)31(38)21-37(26-17-22(2)16-23(3)18-26)44(40,41)27-14-15-29(42-7)30(19-27)43-8/h10-19,28H,9,20-21H2,1-8H3,(H,35,39)/t28-/m1/s1. The molecule has 0 saturated heterocycles. The molecule has 0 bridgehead atoms. The number of nitrogens with zero attached hydrogens (tertiary/aromatic N) is 2. The zero-order chi connectivity index (χ0) is 32.8. The maximum absolute atomic E-state index is 14.3. The summed E-state index contributed by atoms with van der Waals surface area (Å²) in [4.78, 5) is 29.2. The second-order valence-electron chi connectivity index (χ2n) is 11.7. The lowest BCUT2D eigenvalue weighted by Gasteiger charge is -2.35. The van der Waals surface area contributed by atoms with Gasteiger partial charge in [-0.25, -0.2) is 8.42 Å². The van der Waals surface area contributed by atoms with Gasteiger partial charge in [0, 0.05) is 23.2 Å². The number of benzene rings is 3. The van der Waals surface area contributed by atoms with E-state index in [1.807, 2.05) is 47.6 Å². The molecule has 0 aliphatic carbocycles. The smallest absolute Gasteiger partial charge is 0.264 e. The van der Waals surface area contributed by atoms with E-state index < -0.39 is 34.1 Å². The minimum Gasteiger partial charge on any atom is -0.493 e. The van der Waals surface area contributed by atoms with E-state index in [1.165, 1.54) is 37.3 Å². The van der Waals surface area contributed by atoms with E-state index in [-0.39, 0.29) is 23.1 Å². The molecule has 0 aliphatic heterocycles. The van der Waals surface area contributed by atoms with Crippen molar-refractivity contribution in [2.24, 2.45) is 0 Å². The minimum absolute atomic E-state index is 0.0726. The van der Waals surface area contributed by atoms with E-state index in [9.17, 15) is 18.0 Å². The van der Waals surface area contributed by atoms with Crippen LogP contribution in [0.25, 0.3) is 0 Å². The Morgan fingerprint density at radius 2 is 1.50 bits per heavy atom. The molecule has 0 aliphatic rings. The highest BCUT2D eigenvalue weighted by molar-refractivity contribution is 7.92. The average Bonchev–Trinajstić information content (AvgIpc) is 2.94. The molecule has 0 heterocycles. The lowest BCUT2D eigenvalue weighted by Crippen LogP contribution is -2.55. The van der Waals surface area contributed by atoms with E-state index in [0.717, 1.165) is 21.0 Å². The second-order valence-corrected chi connectivity index (χ2v) is 14.0. The summed E-state index contributed by atoms with van der Waals surface area (Å²) in [5, 5.41) is 3.50. The number of carbonyl (C=O) groups is 2. The largest absolute Gasteiger partial charge is 0.493 e. The minimum atomic E-state index is -4.30. The first-order chi connectivity index (χ1) is 20.6. The average molecular weight is 644 g/mol. The molecule has 3 aromatic carbocycles. The fourth-order valence-electron chi connectivity index (χ4n) is 4.89. The summed E-state index contributed by atoms with van der Waals surface area (Å²) < 4.78 is 40.3. The number of nitrogens with one attached hydrogen (secondary N) is 1. The van der Waals surface area contributed by atoms with Crippen LogP contribution in [0.3, 0.4) is 0 Å². The lowest BCUT2D eigenvalue weighted by atomic mass is 10.1. The molecule has 0 unspecified atom stereocenters. The van der Waals surface area contributed by atoms with E-state index in [1.54, 1.807) is 36.4 Å². The van der Waals surface area contributed by atoms with Gasteiger partial charge in [-0.15, -0.1) is 0 Å². The molecule has 9 nitrogen and oxygen atoms in total. The van der Waals surface area contributed by atoms with Crippen molar-refractivity contribution in [2.75, 3.05) is 25.1 Å². The highest BCUT2D eigenvalue weighted by Gasteiger charge is 2.35. The molecule has 44 heavy (non-hydrogen) atoms. The van der Waals surface area contributed by atoms with Crippen molar-refractivity contribution in [1.29, 1.82) is 0 Å². The third kappa shape index (κ3) is 8.66. The predicted molar refractivity (Wildman–Crippen MR) is 174 cm³/mol. The zero-order valence-electron chi connectivity index (χ0n) is 26.6. The first kappa shape index (κ1) is 34.7. The molecule has 0 spiro atoms. The van der Waals surface area contributed by atoms with Crippen LogP contribution in [0.1, 0.15) is 50.8 Å². The Labute approximate surface area is 266 Å². The molecule has 0 saturated carbocycles. The van der Waals surface area contributed by atoms with Gasteiger partial charge in [-0.1, -0.05) is 36.7 Å². The number of aryl methyl sites for hydroxylation is 2. The third-order valence-corrected chi connectivity index (χ3v) is 8.89. The van der Waals surface area contributed by atoms with Crippen LogP contribution in [0.15, 0.2) is 65.6 Å². The van der Waals surface area contributed by atoms with Crippen LogP contribution in [0, 0.1) is 13.8 Å². The van der Waals surface area contributed by atoms with E-state index >= 15 is 0 Å². The van der Waals surface area contributed by atoms with Gasteiger partial charge in [-0.3, -0.25) is 13.9 Å². The number of carbonyl (C=O) groups excluding carboxylic acids is 2. The number of methoxy groups -OCH3 is 2. The van der Waals surface area contributed by atoms with Crippen LogP contribution >= 0.6 is 11.6 Å². The fraction of sp³-hybridized carbons (Fsp3) is 0.394. The van der Waals surface area contributed by atoms with Gasteiger partial charge in [0.05, 0.1) is 24.8 Å². The quantitative estimate of drug-likeness (QED) is 0.264. The van der Waals surface area contributed by atoms with Crippen LogP contribution in [0.2, 0.25) is 5.02 Å². The Morgan fingerprint density at radius 1 is 0.909 bits per heavy atom. The molecule has 1 atom stereocenters. The molecule has 11 heteroatoms. The van der Waals surface area contributed by atoms with Gasteiger partial charge in [0.25, 0.3) is 10.0 Å². The van der Waals surface area contributed by atoms with Gasteiger partial charge < -0.3 is 19.7 Å². The fourth-order valence-corrected chi connectivity index (χ4v) is 6.43. The monoisotopic (exact) mass is 643 g/mol. The Balaban J connectivity index is 2.14.